The molecule has 6 heteroatoms. The standard InChI is InChI=1S/C47H70O6/c1-3-5-7-9-11-13-15-17-19-21-23-25-27-29-45(48)52-40-33-31-39(32-34-40)43-38-51-44-37-41(35-36-42(44)47(43)50)53-46(49)30-28-26-24-22-20-18-16-14-12-10-8-6-4-2/h31-38H,3-30H2,1-2H3. The van der Waals surface area contributed by atoms with Crippen LogP contribution in [0.5, 0.6) is 11.5 Å². The largest absolute Gasteiger partial charge is 0.463 e. The number of benzene rings is 2. The van der Waals surface area contributed by atoms with Gasteiger partial charge in [-0.15, -0.1) is 0 Å². The maximum absolute atomic E-state index is 13.3. The van der Waals surface area contributed by atoms with E-state index in [0.717, 1.165) is 32.1 Å². The molecule has 3 aromatic rings. The minimum atomic E-state index is -0.267. The summed E-state index contributed by atoms with van der Waals surface area (Å²) in [6.45, 7) is 4.52. The Labute approximate surface area is 320 Å². The smallest absolute Gasteiger partial charge is 0.311 e. The number of carbonyl (C=O) groups is 2. The Balaban J connectivity index is 1.30. The van der Waals surface area contributed by atoms with Crippen molar-refractivity contribution in [3.05, 3.63) is 59.0 Å². The normalized spacial score (nSPS) is 11.3. The highest BCUT2D eigenvalue weighted by Gasteiger charge is 2.13. The number of esters is 2. The van der Waals surface area contributed by atoms with Crippen molar-refractivity contribution in [3.8, 4) is 22.6 Å². The molecule has 0 fully saturated rings. The van der Waals surface area contributed by atoms with E-state index >= 15 is 0 Å². The lowest BCUT2D eigenvalue weighted by Crippen LogP contribution is -2.09. The second-order valence-electron chi connectivity index (χ2n) is 15.1. The average Bonchev–Trinajstić information content (AvgIpc) is 3.16. The van der Waals surface area contributed by atoms with Crippen LogP contribution in [0, 0.1) is 0 Å². The summed E-state index contributed by atoms with van der Waals surface area (Å²) in [5, 5.41) is 0.409. The van der Waals surface area contributed by atoms with Gasteiger partial charge in [-0.25, -0.2) is 0 Å². The molecule has 0 spiro atoms. The Morgan fingerprint density at radius 2 is 0.868 bits per heavy atom. The van der Waals surface area contributed by atoms with Gasteiger partial charge in [0.2, 0.25) is 0 Å². The lowest BCUT2D eigenvalue weighted by Gasteiger charge is -2.08. The number of hydrogen-bond acceptors (Lipinski definition) is 6. The summed E-state index contributed by atoms with van der Waals surface area (Å²) in [4.78, 5) is 38.2. The zero-order chi connectivity index (χ0) is 37.8. The first-order chi connectivity index (χ1) is 26.0. The fraction of sp³-hybridized carbons (Fsp3) is 0.638. The molecule has 0 saturated heterocycles. The molecule has 0 atom stereocenters. The third kappa shape index (κ3) is 19.0. The number of unbranched alkanes of at least 4 members (excludes halogenated alkanes) is 24. The minimum absolute atomic E-state index is 0.178. The SMILES string of the molecule is CCCCCCCCCCCCCCCC(=O)Oc1ccc(-c2coc3cc(OC(=O)CCCCCCCCCCCCCCC)ccc3c2=O)cc1. The molecule has 0 N–H and O–H groups in total. The van der Waals surface area contributed by atoms with Gasteiger partial charge in [-0.1, -0.05) is 180 Å². The van der Waals surface area contributed by atoms with Gasteiger partial charge >= 0.3 is 11.9 Å². The first kappa shape index (κ1) is 44.0. The lowest BCUT2D eigenvalue weighted by atomic mass is 10.0. The summed E-state index contributed by atoms with van der Waals surface area (Å²) in [5.74, 6) is 0.338. The van der Waals surface area contributed by atoms with Crippen molar-refractivity contribution in [1.29, 1.82) is 0 Å². The van der Waals surface area contributed by atoms with Crippen LogP contribution >= 0.6 is 0 Å². The van der Waals surface area contributed by atoms with E-state index < -0.39 is 0 Å². The molecule has 294 valence electrons. The molecule has 0 bridgehead atoms. The van der Waals surface area contributed by atoms with Gasteiger partial charge in [-0.05, 0) is 42.7 Å². The molecular weight excluding hydrogens is 661 g/mol. The van der Waals surface area contributed by atoms with E-state index in [4.69, 9.17) is 13.9 Å². The second-order valence-corrected chi connectivity index (χ2v) is 15.1. The summed E-state index contributed by atoms with van der Waals surface area (Å²) in [5.41, 5.74) is 1.27. The first-order valence-electron chi connectivity index (χ1n) is 21.6. The summed E-state index contributed by atoms with van der Waals surface area (Å²) in [6.07, 6.45) is 35.0. The van der Waals surface area contributed by atoms with E-state index in [1.165, 1.54) is 141 Å². The molecule has 53 heavy (non-hydrogen) atoms. The van der Waals surface area contributed by atoms with E-state index in [-0.39, 0.29) is 17.4 Å². The van der Waals surface area contributed by atoms with Crippen LogP contribution in [0.25, 0.3) is 22.1 Å². The van der Waals surface area contributed by atoms with E-state index in [9.17, 15) is 14.4 Å². The lowest BCUT2D eigenvalue weighted by molar-refractivity contribution is -0.135. The highest BCUT2D eigenvalue weighted by atomic mass is 16.5. The Bertz CT molecular complexity index is 1470. The van der Waals surface area contributed by atoms with Crippen LogP contribution in [0.1, 0.15) is 194 Å². The molecule has 0 unspecified atom stereocenters. The monoisotopic (exact) mass is 731 g/mol. The Hall–Kier alpha value is -3.41. The number of rotatable bonds is 31. The van der Waals surface area contributed by atoms with Crippen LogP contribution < -0.4 is 14.9 Å². The molecule has 0 aliphatic rings. The molecule has 0 radical (unpaired) electrons. The molecule has 2 aromatic carbocycles. The van der Waals surface area contributed by atoms with Crippen molar-refractivity contribution in [2.45, 2.75) is 194 Å². The second kappa shape index (κ2) is 28.1. The van der Waals surface area contributed by atoms with Crippen molar-refractivity contribution < 1.29 is 23.5 Å². The predicted molar refractivity (Wildman–Crippen MR) is 220 cm³/mol. The third-order valence-corrected chi connectivity index (χ3v) is 10.3. The molecule has 0 aliphatic heterocycles. The highest BCUT2D eigenvalue weighted by Crippen LogP contribution is 2.26. The molecule has 0 saturated carbocycles. The summed E-state index contributed by atoms with van der Waals surface area (Å²) in [6, 6.07) is 11.8. The molecule has 1 aromatic heterocycles. The fourth-order valence-corrected chi connectivity index (χ4v) is 7.01. The van der Waals surface area contributed by atoms with E-state index in [2.05, 4.69) is 13.8 Å². The Morgan fingerprint density at radius 1 is 0.491 bits per heavy atom. The Morgan fingerprint density at radius 3 is 1.30 bits per heavy atom. The van der Waals surface area contributed by atoms with Gasteiger partial charge in [-0.2, -0.15) is 0 Å². The van der Waals surface area contributed by atoms with Gasteiger partial charge in [-0.3, -0.25) is 14.4 Å². The molecule has 6 nitrogen and oxygen atoms in total. The van der Waals surface area contributed by atoms with Crippen molar-refractivity contribution >= 4 is 22.9 Å². The summed E-state index contributed by atoms with van der Waals surface area (Å²) < 4.78 is 16.9. The van der Waals surface area contributed by atoms with Crippen LogP contribution in [0.15, 0.2) is 57.9 Å². The molecule has 1 heterocycles. The van der Waals surface area contributed by atoms with Crippen LogP contribution in [0.4, 0.5) is 0 Å². The zero-order valence-corrected chi connectivity index (χ0v) is 33.4. The van der Waals surface area contributed by atoms with Crippen molar-refractivity contribution in [1.82, 2.24) is 0 Å². The van der Waals surface area contributed by atoms with E-state index in [1.807, 2.05) is 0 Å². The fourth-order valence-electron chi connectivity index (χ4n) is 7.01. The van der Waals surface area contributed by atoms with E-state index in [0.29, 0.717) is 46.4 Å². The molecule has 0 amide bonds. The van der Waals surface area contributed by atoms with Crippen LogP contribution in [-0.4, -0.2) is 11.9 Å². The van der Waals surface area contributed by atoms with Gasteiger partial charge < -0.3 is 13.9 Å². The maximum Gasteiger partial charge on any atom is 0.311 e. The van der Waals surface area contributed by atoms with E-state index in [1.54, 1.807) is 42.5 Å². The first-order valence-corrected chi connectivity index (χ1v) is 21.6. The highest BCUT2D eigenvalue weighted by molar-refractivity contribution is 5.83. The van der Waals surface area contributed by atoms with Crippen molar-refractivity contribution in [2.75, 3.05) is 0 Å². The molecule has 3 rings (SSSR count). The topological polar surface area (TPSA) is 82.8 Å². The third-order valence-electron chi connectivity index (χ3n) is 10.3. The minimum Gasteiger partial charge on any atom is -0.463 e. The number of carbonyl (C=O) groups excluding carboxylic acids is 2. The Kier molecular flexibility index (Phi) is 23.3. The predicted octanol–water partition coefficient (Wildman–Crippen LogP) is 14.2. The van der Waals surface area contributed by atoms with Crippen LogP contribution in [0.3, 0.4) is 0 Å². The van der Waals surface area contributed by atoms with Crippen LogP contribution in [0.2, 0.25) is 0 Å². The van der Waals surface area contributed by atoms with Gasteiger partial charge in [0.25, 0.3) is 0 Å². The number of hydrogen-bond donors (Lipinski definition) is 0. The van der Waals surface area contributed by atoms with Crippen LogP contribution in [-0.2, 0) is 9.59 Å². The molecular formula is C47H70O6. The van der Waals surface area contributed by atoms with Gasteiger partial charge in [0.15, 0.2) is 5.43 Å². The van der Waals surface area contributed by atoms with Crippen molar-refractivity contribution in [2.24, 2.45) is 0 Å². The van der Waals surface area contributed by atoms with Gasteiger partial charge in [0.1, 0.15) is 23.3 Å². The number of fused-ring (bicyclic) bond motifs is 1. The number of ether oxygens (including phenoxy) is 2. The quantitative estimate of drug-likeness (QED) is 0.0372. The zero-order valence-electron chi connectivity index (χ0n) is 33.4. The molecule has 0 aliphatic carbocycles. The van der Waals surface area contributed by atoms with Crippen molar-refractivity contribution in [3.63, 3.8) is 0 Å². The van der Waals surface area contributed by atoms with Gasteiger partial charge in [0.05, 0.1) is 10.9 Å². The maximum atomic E-state index is 13.3. The van der Waals surface area contributed by atoms with Gasteiger partial charge in [0, 0.05) is 18.9 Å². The summed E-state index contributed by atoms with van der Waals surface area (Å²) in [7, 11) is 0. The summed E-state index contributed by atoms with van der Waals surface area (Å²) >= 11 is 0. The average molecular weight is 731 g/mol.